The molecule has 28 heavy (non-hydrogen) atoms. The molecule has 2 heterocycles. The van der Waals surface area contributed by atoms with Crippen molar-refractivity contribution in [2.24, 2.45) is 0 Å². The number of nitrogens with one attached hydrogen (secondary N) is 1. The van der Waals surface area contributed by atoms with Gasteiger partial charge in [-0.25, -0.2) is 0 Å². The second-order valence-corrected chi connectivity index (χ2v) is 8.26. The number of nitrogens with zero attached hydrogens (tertiary/aromatic N) is 3. The quantitative estimate of drug-likeness (QED) is 0.864. The molecular formula is C22H30N4O2. The normalized spacial score (nSPS) is 19.5. The number of ether oxygens (including phenoxy) is 1. The number of likely N-dealkylation sites (tertiary alicyclic amines) is 1. The lowest BCUT2D eigenvalue weighted by atomic mass is 9.91. The molecular weight excluding hydrogens is 352 g/mol. The molecule has 0 unspecified atom stereocenters. The number of benzene rings is 1. The monoisotopic (exact) mass is 382 g/mol. The van der Waals surface area contributed by atoms with Crippen LogP contribution in [0.3, 0.4) is 0 Å². The van der Waals surface area contributed by atoms with Crippen LogP contribution in [0, 0.1) is 0 Å². The fraction of sp³-hybridized carbons (Fsp3) is 0.545. The summed E-state index contributed by atoms with van der Waals surface area (Å²) >= 11 is 0. The molecule has 6 heteroatoms. The van der Waals surface area contributed by atoms with Crippen LogP contribution in [0.1, 0.15) is 57.9 Å². The molecule has 2 aliphatic rings. The van der Waals surface area contributed by atoms with Crippen LogP contribution in [0.2, 0.25) is 0 Å². The number of amides is 1. The Bertz CT molecular complexity index is 858. The molecule has 1 aromatic carbocycles. The van der Waals surface area contributed by atoms with Gasteiger partial charge in [-0.15, -0.1) is 0 Å². The SMILES string of the molecule is COc1cc2c(cc1CN1CCC[C@@H](c3[nH]ncc3C(=O)N(C)C)C1)CCC2. The van der Waals surface area contributed by atoms with Crippen molar-refractivity contribution in [3.8, 4) is 5.75 Å². The molecule has 6 nitrogen and oxygen atoms in total. The van der Waals surface area contributed by atoms with Gasteiger partial charge in [0.1, 0.15) is 5.75 Å². The molecule has 1 fully saturated rings. The van der Waals surface area contributed by atoms with Gasteiger partial charge >= 0.3 is 0 Å². The number of hydrogen-bond acceptors (Lipinski definition) is 4. The largest absolute Gasteiger partial charge is 0.496 e. The van der Waals surface area contributed by atoms with Gasteiger partial charge in [-0.3, -0.25) is 14.8 Å². The second-order valence-electron chi connectivity index (χ2n) is 8.26. The van der Waals surface area contributed by atoms with E-state index in [0.717, 1.165) is 43.9 Å². The van der Waals surface area contributed by atoms with Crippen molar-refractivity contribution in [3.63, 3.8) is 0 Å². The van der Waals surface area contributed by atoms with Gasteiger partial charge in [0.15, 0.2) is 0 Å². The van der Waals surface area contributed by atoms with Crippen molar-refractivity contribution in [2.75, 3.05) is 34.3 Å². The maximum atomic E-state index is 12.5. The Balaban J connectivity index is 1.51. The average Bonchev–Trinajstić information content (AvgIpc) is 3.35. The van der Waals surface area contributed by atoms with Crippen LogP contribution in [-0.2, 0) is 19.4 Å². The molecule has 4 rings (SSSR count). The summed E-state index contributed by atoms with van der Waals surface area (Å²) in [4.78, 5) is 16.6. The Morgan fingerprint density at radius 3 is 2.82 bits per heavy atom. The van der Waals surface area contributed by atoms with Gasteiger partial charge in [-0.2, -0.15) is 5.10 Å². The van der Waals surface area contributed by atoms with E-state index in [1.54, 1.807) is 32.3 Å². The minimum atomic E-state index is 0.0150. The number of carbonyl (C=O) groups is 1. The summed E-state index contributed by atoms with van der Waals surface area (Å²) in [5.74, 6) is 1.32. The second kappa shape index (κ2) is 7.95. The van der Waals surface area contributed by atoms with Crippen molar-refractivity contribution in [1.29, 1.82) is 0 Å². The van der Waals surface area contributed by atoms with Gasteiger partial charge in [-0.1, -0.05) is 6.07 Å². The van der Waals surface area contributed by atoms with E-state index in [2.05, 4.69) is 27.2 Å². The highest BCUT2D eigenvalue weighted by atomic mass is 16.5. The van der Waals surface area contributed by atoms with E-state index in [1.807, 2.05) is 0 Å². The number of aromatic amines is 1. The number of hydrogen-bond donors (Lipinski definition) is 1. The van der Waals surface area contributed by atoms with Crippen LogP contribution in [0.25, 0.3) is 0 Å². The predicted molar refractivity (Wildman–Crippen MR) is 109 cm³/mol. The number of piperidine rings is 1. The fourth-order valence-electron chi connectivity index (χ4n) is 4.66. The Kier molecular flexibility index (Phi) is 5.40. The number of methoxy groups -OCH3 is 1. The third-order valence-corrected chi connectivity index (χ3v) is 6.11. The van der Waals surface area contributed by atoms with Crippen molar-refractivity contribution in [2.45, 2.75) is 44.6 Å². The van der Waals surface area contributed by atoms with E-state index in [1.165, 1.54) is 36.0 Å². The smallest absolute Gasteiger partial charge is 0.256 e. The Labute approximate surface area is 166 Å². The highest BCUT2D eigenvalue weighted by Gasteiger charge is 2.28. The zero-order chi connectivity index (χ0) is 19.7. The molecule has 0 spiro atoms. The van der Waals surface area contributed by atoms with Crippen LogP contribution < -0.4 is 4.74 Å². The van der Waals surface area contributed by atoms with Gasteiger partial charge in [0.05, 0.1) is 24.6 Å². The molecule has 1 aliphatic heterocycles. The van der Waals surface area contributed by atoms with Crippen molar-refractivity contribution >= 4 is 5.91 Å². The summed E-state index contributed by atoms with van der Waals surface area (Å²) in [6.45, 7) is 2.88. The summed E-state index contributed by atoms with van der Waals surface area (Å²) in [6, 6.07) is 4.59. The van der Waals surface area contributed by atoms with Crippen LogP contribution >= 0.6 is 0 Å². The number of aromatic nitrogens is 2. The summed E-state index contributed by atoms with van der Waals surface area (Å²) in [6.07, 6.45) is 7.45. The van der Waals surface area contributed by atoms with Gasteiger partial charge in [0.2, 0.25) is 0 Å². The van der Waals surface area contributed by atoms with Gasteiger partial charge in [-0.05, 0) is 55.8 Å². The standard InChI is InChI=1S/C22H30N4O2/c1-25(2)22(27)19-12-23-24-21(19)17-8-5-9-26(13-17)14-18-10-15-6-4-7-16(15)11-20(18)28-3/h10-12,17H,4-9,13-14H2,1-3H3,(H,23,24)/t17-/m1/s1. The van der Waals surface area contributed by atoms with E-state index in [4.69, 9.17) is 4.74 Å². The number of aryl methyl sites for hydroxylation is 2. The third-order valence-electron chi connectivity index (χ3n) is 6.11. The lowest BCUT2D eigenvalue weighted by molar-refractivity contribution is 0.0825. The lowest BCUT2D eigenvalue weighted by Crippen LogP contribution is -2.35. The third kappa shape index (κ3) is 3.65. The number of H-pyrrole nitrogens is 1. The summed E-state index contributed by atoms with van der Waals surface area (Å²) in [5, 5.41) is 7.27. The maximum Gasteiger partial charge on any atom is 0.256 e. The molecule has 1 N–H and O–H groups in total. The molecule has 0 bridgehead atoms. The molecule has 150 valence electrons. The maximum absolute atomic E-state index is 12.5. The molecule has 2 aromatic rings. The first-order chi connectivity index (χ1) is 13.6. The molecule has 0 radical (unpaired) electrons. The highest BCUT2D eigenvalue weighted by Crippen LogP contribution is 2.33. The number of fused-ring (bicyclic) bond motifs is 1. The number of rotatable bonds is 5. The minimum Gasteiger partial charge on any atom is -0.496 e. The Hall–Kier alpha value is -2.34. The van der Waals surface area contributed by atoms with E-state index in [0.29, 0.717) is 11.5 Å². The van der Waals surface area contributed by atoms with Crippen LogP contribution in [0.5, 0.6) is 5.75 Å². The zero-order valence-corrected chi connectivity index (χ0v) is 17.1. The van der Waals surface area contributed by atoms with E-state index in [-0.39, 0.29) is 5.91 Å². The first-order valence-corrected chi connectivity index (χ1v) is 10.2. The van der Waals surface area contributed by atoms with Gasteiger partial charge in [0.25, 0.3) is 5.91 Å². The first kappa shape index (κ1) is 19.0. The predicted octanol–water partition coefficient (Wildman–Crippen LogP) is 2.99. The highest BCUT2D eigenvalue weighted by molar-refractivity contribution is 5.94. The molecule has 1 aromatic heterocycles. The Morgan fingerprint density at radius 1 is 1.29 bits per heavy atom. The van der Waals surface area contributed by atoms with Crippen molar-refractivity contribution in [3.05, 3.63) is 46.3 Å². The van der Waals surface area contributed by atoms with E-state index in [9.17, 15) is 4.79 Å². The zero-order valence-electron chi connectivity index (χ0n) is 17.1. The lowest BCUT2D eigenvalue weighted by Gasteiger charge is -2.33. The molecule has 0 saturated carbocycles. The topological polar surface area (TPSA) is 61.5 Å². The fourth-order valence-corrected chi connectivity index (χ4v) is 4.66. The van der Waals surface area contributed by atoms with Gasteiger partial charge < -0.3 is 9.64 Å². The molecule has 1 atom stereocenters. The molecule has 1 aliphatic carbocycles. The summed E-state index contributed by atoms with van der Waals surface area (Å²) < 4.78 is 5.70. The minimum absolute atomic E-state index is 0.0150. The van der Waals surface area contributed by atoms with Gasteiger partial charge in [0, 0.05) is 38.7 Å². The molecule has 1 amide bonds. The van der Waals surface area contributed by atoms with Crippen molar-refractivity contribution < 1.29 is 9.53 Å². The Morgan fingerprint density at radius 2 is 2.07 bits per heavy atom. The number of carbonyl (C=O) groups excluding carboxylic acids is 1. The van der Waals surface area contributed by atoms with Crippen LogP contribution in [0.15, 0.2) is 18.3 Å². The molecule has 1 saturated heterocycles. The van der Waals surface area contributed by atoms with Crippen LogP contribution in [0.4, 0.5) is 0 Å². The first-order valence-electron chi connectivity index (χ1n) is 10.2. The summed E-state index contributed by atoms with van der Waals surface area (Å²) in [7, 11) is 5.34. The van der Waals surface area contributed by atoms with E-state index >= 15 is 0 Å². The van der Waals surface area contributed by atoms with E-state index < -0.39 is 0 Å². The van der Waals surface area contributed by atoms with Crippen LogP contribution in [-0.4, -0.2) is 60.2 Å². The van der Waals surface area contributed by atoms with Crippen molar-refractivity contribution in [1.82, 2.24) is 20.0 Å². The summed E-state index contributed by atoms with van der Waals surface area (Å²) in [5.41, 5.74) is 5.88. The average molecular weight is 383 g/mol.